The van der Waals surface area contributed by atoms with Crippen LogP contribution in [-0.4, -0.2) is 25.3 Å². The molecule has 0 bridgehead atoms. The summed E-state index contributed by atoms with van der Waals surface area (Å²) in [7, 11) is 1.40. The average Bonchev–Trinajstić information content (AvgIpc) is 3.09. The molecule has 2 unspecified atom stereocenters. The Balaban J connectivity index is 2.10. The summed E-state index contributed by atoms with van der Waals surface area (Å²) in [6.45, 7) is 4.92. The minimum absolute atomic E-state index is 0.0229. The second-order valence-corrected chi connectivity index (χ2v) is 5.46. The Morgan fingerprint density at radius 1 is 1.37 bits per heavy atom. The molecular weight excluding hydrogens is 244 g/mol. The maximum Gasteiger partial charge on any atom is 0.341 e. The number of epoxide rings is 1. The molecule has 2 heterocycles. The topological polar surface area (TPSA) is 48.1 Å². The quantitative estimate of drug-likeness (QED) is 0.604. The molecule has 1 fully saturated rings. The Kier molecular flexibility index (Phi) is 2.69. The summed E-state index contributed by atoms with van der Waals surface area (Å²) < 4.78 is 16.6. The zero-order valence-electron chi connectivity index (χ0n) is 11.4. The van der Waals surface area contributed by atoms with Crippen LogP contribution in [0.4, 0.5) is 0 Å². The Hall–Kier alpha value is -1.39. The third-order valence-electron chi connectivity index (χ3n) is 4.21. The molecule has 1 aromatic rings. The van der Waals surface area contributed by atoms with Gasteiger partial charge in [0.2, 0.25) is 5.60 Å². The lowest BCUT2D eigenvalue weighted by Gasteiger charge is -2.27. The fraction of sp³-hybridized carbons (Fsp3) is 0.533. The van der Waals surface area contributed by atoms with Crippen LogP contribution in [0.2, 0.25) is 0 Å². The van der Waals surface area contributed by atoms with Crippen molar-refractivity contribution in [2.75, 3.05) is 13.7 Å². The molecule has 2 aliphatic rings. The summed E-state index contributed by atoms with van der Waals surface area (Å²) in [5.74, 6) is -0.294. The van der Waals surface area contributed by atoms with Crippen molar-refractivity contribution in [1.29, 1.82) is 0 Å². The van der Waals surface area contributed by atoms with Crippen LogP contribution in [0, 0.1) is 5.92 Å². The van der Waals surface area contributed by atoms with Crippen molar-refractivity contribution >= 4 is 5.97 Å². The van der Waals surface area contributed by atoms with E-state index >= 15 is 0 Å². The van der Waals surface area contributed by atoms with Gasteiger partial charge in [0, 0.05) is 0 Å². The van der Waals surface area contributed by atoms with Gasteiger partial charge >= 0.3 is 5.97 Å². The molecule has 4 nitrogen and oxygen atoms in total. The molecule has 19 heavy (non-hydrogen) atoms. The van der Waals surface area contributed by atoms with Crippen molar-refractivity contribution in [2.24, 2.45) is 5.92 Å². The summed E-state index contributed by atoms with van der Waals surface area (Å²) in [4.78, 5) is 12.2. The lowest BCUT2D eigenvalue weighted by atomic mass is 9.77. The minimum atomic E-state index is -0.918. The summed E-state index contributed by atoms with van der Waals surface area (Å²) in [6.07, 6.45) is 0. The first-order chi connectivity index (χ1) is 9.08. The molecule has 0 aromatic heterocycles. The highest BCUT2D eigenvalue weighted by molar-refractivity contribution is 5.86. The number of benzene rings is 1. The van der Waals surface area contributed by atoms with E-state index in [1.165, 1.54) is 7.11 Å². The SMILES string of the molecule is COC(=O)C1(C(C)C)OC12COCc1ccccc12. The van der Waals surface area contributed by atoms with Crippen molar-refractivity contribution in [1.82, 2.24) is 0 Å². The molecule has 2 atom stereocenters. The number of methoxy groups -OCH3 is 1. The fourth-order valence-corrected chi connectivity index (χ4v) is 3.24. The summed E-state index contributed by atoms with van der Waals surface area (Å²) in [5.41, 5.74) is 0.544. The van der Waals surface area contributed by atoms with E-state index in [4.69, 9.17) is 14.2 Å². The molecule has 102 valence electrons. The van der Waals surface area contributed by atoms with Gasteiger partial charge in [-0.15, -0.1) is 0 Å². The van der Waals surface area contributed by atoms with Crippen LogP contribution in [0.5, 0.6) is 0 Å². The standard InChI is InChI=1S/C15H18O4/c1-10(2)15(13(16)17-3)14(19-15)9-18-8-11-6-4-5-7-12(11)14/h4-7,10H,8-9H2,1-3H3. The number of carbonyl (C=O) groups is 1. The number of hydrogen-bond acceptors (Lipinski definition) is 4. The van der Waals surface area contributed by atoms with Crippen molar-refractivity contribution in [3.63, 3.8) is 0 Å². The van der Waals surface area contributed by atoms with E-state index < -0.39 is 11.2 Å². The molecule has 0 N–H and O–H groups in total. The summed E-state index contributed by atoms with van der Waals surface area (Å²) in [5, 5.41) is 0. The molecule has 2 aliphatic heterocycles. The van der Waals surface area contributed by atoms with Crippen LogP contribution < -0.4 is 0 Å². The van der Waals surface area contributed by atoms with E-state index in [-0.39, 0.29) is 11.9 Å². The minimum Gasteiger partial charge on any atom is -0.467 e. The number of esters is 1. The second-order valence-electron chi connectivity index (χ2n) is 5.46. The molecule has 0 radical (unpaired) electrons. The van der Waals surface area contributed by atoms with Crippen LogP contribution in [-0.2, 0) is 31.2 Å². The molecule has 3 rings (SSSR count). The predicted molar refractivity (Wildman–Crippen MR) is 68.4 cm³/mol. The van der Waals surface area contributed by atoms with Crippen molar-refractivity contribution in [3.05, 3.63) is 35.4 Å². The smallest absolute Gasteiger partial charge is 0.341 e. The molecule has 1 aromatic carbocycles. The van der Waals surface area contributed by atoms with E-state index in [9.17, 15) is 4.79 Å². The Morgan fingerprint density at radius 2 is 2.11 bits per heavy atom. The first kappa shape index (κ1) is 12.6. The number of ether oxygens (including phenoxy) is 3. The van der Waals surface area contributed by atoms with Gasteiger partial charge < -0.3 is 14.2 Å². The Labute approximate surface area is 112 Å². The van der Waals surface area contributed by atoms with Gasteiger partial charge in [-0.2, -0.15) is 0 Å². The van der Waals surface area contributed by atoms with Crippen LogP contribution in [0.1, 0.15) is 25.0 Å². The third-order valence-corrected chi connectivity index (χ3v) is 4.21. The number of carbonyl (C=O) groups excluding carboxylic acids is 1. The highest BCUT2D eigenvalue weighted by atomic mass is 16.7. The van der Waals surface area contributed by atoms with E-state index in [2.05, 4.69) is 0 Å². The maximum atomic E-state index is 12.2. The number of fused-ring (bicyclic) bond motifs is 2. The Bertz CT molecular complexity index is 525. The van der Waals surface area contributed by atoms with E-state index in [0.717, 1.165) is 11.1 Å². The molecule has 0 aliphatic carbocycles. The van der Waals surface area contributed by atoms with Gasteiger partial charge in [0.05, 0.1) is 20.3 Å². The van der Waals surface area contributed by atoms with Gasteiger partial charge in [-0.05, 0) is 17.0 Å². The third kappa shape index (κ3) is 1.44. The van der Waals surface area contributed by atoms with Gasteiger partial charge in [-0.3, -0.25) is 0 Å². The number of hydrogen-bond donors (Lipinski definition) is 0. The van der Waals surface area contributed by atoms with Crippen molar-refractivity contribution in [3.8, 4) is 0 Å². The monoisotopic (exact) mass is 262 g/mol. The molecule has 0 amide bonds. The summed E-state index contributed by atoms with van der Waals surface area (Å²) >= 11 is 0. The van der Waals surface area contributed by atoms with Crippen LogP contribution in [0.25, 0.3) is 0 Å². The zero-order valence-corrected chi connectivity index (χ0v) is 11.4. The van der Waals surface area contributed by atoms with Crippen molar-refractivity contribution in [2.45, 2.75) is 31.7 Å². The molecular formula is C15H18O4. The van der Waals surface area contributed by atoms with Crippen molar-refractivity contribution < 1.29 is 19.0 Å². The Morgan fingerprint density at radius 3 is 2.79 bits per heavy atom. The normalized spacial score (nSPS) is 32.2. The second kappa shape index (κ2) is 4.05. The maximum absolute atomic E-state index is 12.2. The van der Waals surface area contributed by atoms with Gasteiger partial charge in [-0.1, -0.05) is 38.1 Å². The molecule has 4 heteroatoms. The lowest BCUT2D eigenvalue weighted by molar-refractivity contribution is -0.149. The molecule has 1 saturated heterocycles. The van der Waals surface area contributed by atoms with Gasteiger partial charge in [0.1, 0.15) is 0 Å². The van der Waals surface area contributed by atoms with Crippen LogP contribution in [0.3, 0.4) is 0 Å². The summed E-state index contributed by atoms with van der Waals surface area (Å²) in [6, 6.07) is 7.97. The molecule has 1 spiro atoms. The van der Waals surface area contributed by atoms with Gasteiger partial charge in [-0.25, -0.2) is 4.79 Å². The van der Waals surface area contributed by atoms with Gasteiger partial charge in [0.25, 0.3) is 0 Å². The van der Waals surface area contributed by atoms with E-state index in [1.54, 1.807) is 0 Å². The zero-order chi connectivity index (χ0) is 13.7. The molecule has 0 saturated carbocycles. The van der Waals surface area contributed by atoms with Crippen LogP contribution in [0.15, 0.2) is 24.3 Å². The lowest BCUT2D eigenvalue weighted by Crippen LogP contribution is -2.42. The fourth-order valence-electron chi connectivity index (χ4n) is 3.24. The van der Waals surface area contributed by atoms with Crippen LogP contribution >= 0.6 is 0 Å². The van der Waals surface area contributed by atoms with E-state index in [1.807, 2.05) is 38.1 Å². The number of rotatable bonds is 2. The largest absolute Gasteiger partial charge is 0.467 e. The highest BCUT2D eigenvalue weighted by Gasteiger charge is 2.78. The van der Waals surface area contributed by atoms with Gasteiger partial charge in [0.15, 0.2) is 5.60 Å². The first-order valence-electron chi connectivity index (χ1n) is 6.53. The predicted octanol–water partition coefficient (Wildman–Crippen LogP) is 2.01. The van der Waals surface area contributed by atoms with E-state index in [0.29, 0.717) is 13.2 Å². The average molecular weight is 262 g/mol. The first-order valence-corrected chi connectivity index (χ1v) is 6.53. The highest BCUT2D eigenvalue weighted by Crippen LogP contribution is 2.62.